The summed E-state index contributed by atoms with van der Waals surface area (Å²) >= 11 is 0. The van der Waals surface area contributed by atoms with E-state index in [0.29, 0.717) is 11.7 Å². The SMILES string of the molecule is CCCN1CCOC(c2noc(CCCCCN)n2)C1. The Morgan fingerprint density at radius 1 is 1.35 bits per heavy atom. The summed E-state index contributed by atoms with van der Waals surface area (Å²) in [4.78, 5) is 6.86. The van der Waals surface area contributed by atoms with Crippen LogP contribution in [0.25, 0.3) is 0 Å². The Morgan fingerprint density at radius 3 is 3.05 bits per heavy atom. The maximum absolute atomic E-state index is 5.75. The molecule has 1 aliphatic heterocycles. The van der Waals surface area contributed by atoms with Gasteiger partial charge >= 0.3 is 0 Å². The van der Waals surface area contributed by atoms with E-state index in [4.69, 9.17) is 15.0 Å². The summed E-state index contributed by atoms with van der Waals surface area (Å²) in [5, 5.41) is 4.07. The van der Waals surface area contributed by atoms with Crippen LogP contribution in [-0.2, 0) is 11.2 Å². The molecule has 1 aliphatic rings. The number of nitrogens with two attached hydrogens (primary N) is 1. The number of hydrogen-bond donors (Lipinski definition) is 1. The Kier molecular flexibility index (Phi) is 6.42. The van der Waals surface area contributed by atoms with Crippen LogP contribution in [0.3, 0.4) is 0 Å². The van der Waals surface area contributed by atoms with Crippen LogP contribution in [0.1, 0.15) is 50.4 Å². The van der Waals surface area contributed by atoms with Crippen molar-refractivity contribution < 1.29 is 9.26 Å². The molecule has 20 heavy (non-hydrogen) atoms. The standard InChI is InChI=1S/C14H26N4O2/c1-2-8-18-9-10-19-12(11-18)14-16-13(20-17-14)6-4-3-5-7-15/h12H,2-11,15H2,1H3. The summed E-state index contributed by atoms with van der Waals surface area (Å²) in [7, 11) is 0. The number of ether oxygens (including phenoxy) is 1. The Labute approximate surface area is 120 Å². The largest absolute Gasteiger partial charge is 0.367 e. The summed E-state index contributed by atoms with van der Waals surface area (Å²) in [5.74, 6) is 1.41. The van der Waals surface area contributed by atoms with Crippen LogP contribution in [0.15, 0.2) is 4.52 Å². The number of unbranched alkanes of at least 4 members (excludes halogenated alkanes) is 2. The fraction of sp³-hybridized carbons (Fsp3) is 0.857. The van der Waals surface area contributed by atoms with Crippen molar-refractivity contribution in [2.75, 3.05) is 32.8 Å². The van der Waals surface area contributed by atoms with Crippen LogP contribution in [0, 0.1) is 0 Å². The van der Waals surface area contributed by atoms with Crippen molar-refractivity contribution in [1.82, 2.24) is 15.0 Å². The normalized spacial score (nSPS) is 20.4. The van der Waals surface area contributed by atoms with E-state index in [0.717, 1.165) is 64.9 Å². The lowest BCUT2D eigenvalue weighted by molar-refractivity contribution is -0.0350. The average Bonchev–Trinajstić information content (AvgIpc) is 2.93. The molecule has 1 aromatic heterocycles. The lowest BCUT2D eigenvalue weighted by Gasteiger charge is -2.30. The van der Waals surface area contributed by atoms with Gasteiger partial charge in [-0.2, -0.15) is 4.98 Å². The maximum Gasteiger partial charge on any atom is 0.226 e. The van der Waals surface area contributed by atoms with E-state index in [1.807, 2.05) is 0 Å². The van der Waals surface area contributed by atoms with Crippen LogP contribution in [0.5, 0.6) is 0 Å². The van der Waals surface area contributed by atoms with Crippen LogP contribution in [0.4, 0.5) is 0 Å². The van der Waals surface area contributed by atoms with Gasteiger partial charge < -0.3 is 15.0 Å². The Morgan fingerprint density at radius 2 is 2.25 bits per heavy atom. The maximum atomic E-state index is 5.75. The molecule has 2 heterocycles. The van der Waals surface area contributed by atoms with E-state index in [2.05, 4.69) is 22.0 Å². The highest BCUT2D eigenvalue weighted by Crippen LogP contribution is 2.20. The number of morpholine rings is 1. The predicted octanol–water partition coefficient (Wildman–Crippen LogP) is 1.52. The molecule has 0 aromatic carbocycles. The van der Waals surface area contributed by atoms with E-state index in [-0.39, 0.29) is 6.10 Å². The second-order valence-electron chi connectivity index (χ2n) is 5.31. The number of nitrogens with zero attached hydrogens (tertiary/aromatic N) is 3. The molecule has 0 spiro atoms. The van der Waals surface area contributed by atoms with Gasteiger partial charge in [-0.05, 0) is 32.4 Å². The van der Waals surface area contributed by atoms with Gasteiger partial charge in [0.25, 0.3) is 0 Å². The first kappa shape index (κ1) is 15.4. The molecule has 6 heteroatoms. The molecule has 1 unspecified atom stereocenters. The van der Waals surface area contributed by atoms with Crippen molar-refractivity contribution in [1.29, 1.82) is 0 Å². The minimum Gasteiger partial charge on any atom is -0.367 e. The first-order chi connectivity index (χ1) is 9.83. The van der Waals surface area contributed by atoms with Gasteiger partial charge in [0, 0.05) is 19.5 Å². The molecule has 2 N–H and O–H groups in total. The second-order valence-corrected chi connectivity index (χ2v) is 5.31. The molecule has 1 saturated heterocycles. The molecule has 1 atom stereocenters. The van der Waals surface area contributed by atoms with Crippen molar-refractivity contribution in [3.8, 4) is 0 Å². The zero-order chi connectivity index (χ0) is 14.2. The number of rotatable bonds is 8. The predicted molar refractivity (Wildman–Crippen MR) is 76.3 cm³/mol. The van der Waals surface area contributed by atoms with Gasteiger partial charge in [-0.3, -0.25) is 4.90 Å². The van der Waals surface area contributed by atoms with Gasteiger partial charge in [0.05, 0.1) is 6.61 Å². The number of aromatic nitrogens is 2. The van der Waals surface area contributed by atoms with Gasteiger partial charge in [0.2, 0.25) is 11.7 Å². The lowest BCUT2D eigenvalue weighted by Crippen LogP contribution is -2.39. The third kappa shape index (κ3) is 4.54. The first-order valence-electron chi connectivity index (χ1n) is 7.70. The van der Waals surface area contributed by atoms with Crippen molar-refractivity contribution in [3.05, 3.63) is 11.7 Å². The molecule has 1 aromatic rings. The molecule has 2 rings (SSSR count). The van der Waals surface area contributed by atoms with Gasteiger partial charge in [-0.25, -0.2) is 0 Å². The van der Waals surface area contributed by atoms with Crippen LogP contribution in [0.2, 0.25) is 0 Å². The zero-order valence-electron chi connectivity index (χ0n) is 12.4. The van der Waals surface area contributed by atoms with Crippen molar-refractivity contribution >= 4 is 0 Å². The third-order valence-electron chi connectivity index (χ3n) is 3.56. The molecule has 0 aliphatic carbocycles. The van der Waals surface area contributed by atoms with E-state index in [9.17, 15) is 0 Å². The monoisotopic (exact) mass is 282 g/mol. The minimum atomic E-state index is -0.0446. The van der Waals surface area contributed by atoms with Gasteiger partial charge in [0.15, 0.2) is 0 Å². The van der Waals surface area contributed by atoms with Gasteiger partial charge in [-0.15, -0.1) is 0 Å². The molecule has 1 fully saturated rings. The van der Waals surface area contributed by atoms with Crippen molar-refractivity contribution in [2.24, 2.45) is 5.73 Å². The fourth-order valence-electron chi connectivity index (χ4n) is 2.48. The molecule has 114 valence electrons. The summed E-state index contributed by atoms with van der Waals surface area (Å²) in [6.07, 6.45) is 5.16. The quantitative estimate of drug-likeness (QED) is 0.728. The molecule has 0 radical (unpaired) electrons. The molecule has 0 amide bonds. The second kappa shape index (κ2) is 8.34. The van der Waals surface area contributed by atoms with Gasteiger partial charge in [0.1, 0.15) is 6.10 Å². The van der Waals surface area contributed by atoms with Crippen molar-refractivity contribution in [2.45, 2.75) is 45.1 Å². The first-order valence-corrected chi connectivity index (χ1v) is 7.70. The van der Waals surface area contributed by atoms with Crippen LogP contribution < -0.4 is 5.73 Å². The zero-order valence-corrected chi connectivity index (χ0v) is 12.4. The third-order valence-corrected chi connectivity index (χ3v) is 3.56. The Bertz CT molecular complexity index is 381. The molecule has 6 nitrogen and oxygen atoms in total. The highest BCUT2D eigenvalue weighted by molar-refractivity contribution is 4.94. The fourth-order valence-corrected chi connectivity index (χ4v) is 2.48. The summed E-state index contributed by atoms with van der Waals surface area (Å²) < 4.78 is 11.1. The minimum absolute atomic E-state index is 0.0446. The summed E-state index contributed by atoms with van der Waals surface area (Å²) in [6, 6.07) is 0. The van der Waals surface area contributed by atoms with Crippen LogP contribution in [-0.4, -0.2) is 47.8 Å². The average molecular weight is 282 g/mol. The van der Waals surface area contributed by atoms with E-state index in [1.165, 1.54) is 0 Å². The van der Waals surface area contributed by atoms with Crippen LogP contribution >= 0.6 is 0 Å². The molecule has 0 bridgehead atoms. The summed E-state index contributed by atoms with van der Waals surface area (Å²) in [5.41, 5.74) is 5.47. The van der Waals surface area contributed by atoms with E-state index < -0.39 is 0 Å². The summed E-state index contributed by atoms with van der Waals surface area (Å²) in [6.45, 7) is 6.64. The van der Waals surface area contributed by atoms with Gasteiger partial charge in [-0.1, -0.05) is 18.5 Å². The smallest absolute Gasteiger partial charge is 0.226 e. The number of aryl methyl sites for hydroxylation is 1. The molecule has 0 saturated carbocycles. The highest BCUT2D eigenvalue weighted by atomic mass is 16.5. The van der Waals surface area contributed by atoms with E-state index in [1.54, 1.807) is 0 Å². The Hall–Kier alpha value is -0.980. The molecular formula is C14H26N4O2. The van der Waals surface area contributed by atoms with Crippen molar-refractivity contribution in [3.63, 3.8) is 0 Å². The Balaban J connectivity index is 1.81. The number of hydrogen-bond acceptors (Lipinski definition) is 6. The lowest BCUT2D eigenvalue weighted by atomic mass is 10.2. The topological polar surface area (TPSA) is 77.4 Å². The van der Waals surface area contributed by atoms with E-state index >= 15 is 0 Å². The highest BCUT2D eigenvalue weighted by Gasteiger charge is 2.25. The molecular weight excluding hydrogens is 256 g/mol.